The van der Waals surface area contributed by atoms with E-state index in [-0.39, 0.29) is 0 Å². The van der Waals surface area contributed by atoms with Gasteiger partial charge in [0.1, 0.15) is 0 Å². The maximum Gasteiger partial charge on any atom is 0.00577 e. The van der Waals surface area contributed by atoms with Crippen molar-refractivity contribution in [3.05, 3.63) is 72.4 Å². The van der Waals surface area contributed by atoms with Gasteiger partial charge in [-0.2, -0.15) is 0 Å². The molecule has 0 N–H and O–H groups in total. The van der Waals surface area contributed by atoms with Crippen molar-refractivity contribution in [2.45, 2.75) is 33.6 Å². The quantitative estimate of drug-likeness (QED) is 0.596. The lowest BCUT2D eigenvalue weighted by Gasteiger charge is -2.12. The zero-order valence-corrected chi connectivity index (χ0v) is 11.5. The van der Waals surface area contributed by atoms with E-state index in [1.807, 2.05) is 26.0 Å². The van der Waals surface area contributed by atoms with Gasteiger partial charge < -0.3 is 0 Å². The second-order valence-corrected chi connectivity index (χ2v) is 3.52. The van der Waals surface area contributed by atoms with Crippen LogP contribution in [0.3, 0.4) is 0 Å². The smallest absolute Gasteiger partial charge is 0.00577 e. The molecule has 0 aliphatic carbocycles. The van der Waals surface area contributed by atoms with Crippen LogP contribution in [0, 0.1) is 0 Å². The van der Waals surface area contributed by atoms with Crippen molar-refractivity contribution in [3.63, 3.8) is 0 Å². The van der Waals surface area contributed by atoms with Crippen molar-refractivity contribution in [1.29, 1.82) is 0 Å². The summed E-state index contributed by atoms with van der Waals surface area (Å²) in [6.45, 7) is 12.0. The van der Waals surface area contributed by atoms with Crippen molar-refractivity contribution < 1.29 is 0 Å². The highest BCUT2D eigenvalue weighted by molar-refractivity contribution is 5.34. The number of benzene rings is 1. The van der Waals surface area contributed by atoms with Gasteiger partial charge in [-0.15, -0.1) is 0 Å². The van der Waals surface area contributed by atoms with Crippen molar-refractivity contribution in [3.8, 4) is 0 Å². The molecule has 0 amide bonds. The Kier molecular flexibility index (Phi) is 8.77. The van der Waals surface area contributed by atoms with Crippen LogP contribution < -0.4 is 0 Å². The van der Waals surface area contributed by atoms with Crippen LogP contribution in [0.25, 0.3) is 0 Å². The third-order valence-electron chi connectivity index (χ3n) is 2.56. The fourth-order valence-electron chi connectivity index (χ4n) is 1.60. The Hall–Kier alpha value is -1.56. The van der Waals surface area contributed by atoms with Crippen LogP contribution in [0.1, 0.15) is 39.2 Å². The molecule has 0 saturated heterocycles. The van der Waals surface area contributed by atoms with Crippen LogP contribution in [0.4, 0.5) is 0 Å². The molecule has 0 heterocycles. The Morgan fingerprint density at radius 2 is 1.76 bits per heavy atom. The standard InChI is InChI=1S/C15H18.C2H6/c1-4-6-10-14(5-2)13(3)15-11-8-7-9-12-15;1-2/h4-13H,1H2,2-3H3;1-2H3/b10-6-,14-5+;. The van der Waals surface area contributed by atoms with Crippen molar-refractivity contribution in [1.82, 2.24) is 0 Å². The summed E-state index contributed by atoms with van der Waals surface area (Å²) < 4.78 is 0. The summed E-state index contributed by atoms with van der Waals surface area (Å²) >= 11 is 0. The first-order chi connectivity index (χ1) is 8.29. The zero-order chi connectivity index (χ0) is 13.1. The Balaban J connectivity index is 0.00000121. The van der Waals surface area contributed by atoms with E-state index in [9.17, 15) is 0 Å². The highest BCUT2D eigenvalue weighted by atomic mass is 14.1. The number of allylic oxidation sites excluding steroid dienone is 5. The van der Waals surface area contributed by atoms with E-state index in [4.69, 9.17) is 0 Å². The lowest BCUT2D eigenvalue weighted by molar-refractivity contribution is 0.918. The minimum atomic E-state index is 0.437. The van der Waals surface area contributed by atoms with Gasteiger partial charge in [0.25, 0.3) is 0 Å². The minimum Gasteiger partial charge on any atom is -0.0991 e. The van der Waals surface area contributed by atoms with Crippen LogP contribution in [0.2, 0.25) is 0 Å². The molecule has 1 unspecified atom stereocenters. The maximum atomic E-state index is 3.68. The molecule has 0 spiro atoms. The molecule has 0 aliphatic heterocycles. The summed E-state index contributed by atoms with van der Waals surface area (Å²) in [5.41, 5.74) is 2.67. The predicted molar refractivity (Wildman–Crippen MR) is 79.3 cm³/mol. The zero-order valence-electron chi connectivity index (χ0n) is 11.5. The summed E-state index contributed by atoms with van der Waals surface area (Å²) in [7, 11) is 0. The molecule has 0 bridgehead atoms. The van der Waals surface area contributed by atoms with E-state index in [0.29, 0.717) is 5.92 Å². The van der Waals surface area contributed by atoms with Gasteiger partial charge in [0.05, 0.1) is 0 Å². The molecule has 17 heavy (non-hydrogen) atoms. The summed E-state index contributed by atoms with van der Waals surface area (Å²) in [6.07, 6.45) is 8.05. The molecule has 0 heteroatoms. The molecule has 1 aromatic rings. The topological polar surface area (TPSA) is 0 Å². The van der Waals surface area contributed by atoms with Gasteiger partial charge in [0.15, 0.2) is 0 Å². The lowest BCUT2D eigenvalue weighted by atomic mass is 9.92. The largest absolute Gasteiger partial charge is 0.0991 e. The summed E-state index contributed by atoms with van der Waals surface area (Å²) in [5, 5.41) is 0. The predicted octanol–water partition coefficient (Wildman–Crippen LogP) is 5.50. The Bertz CT molecular complexity index is 355. The molecule has 92 valence electrons. The van der Waals surface area contributed by atoms with Gasteiger partial charge in [0, 0.05) is 5.92 Å². The molecule has 1 atom stereocenters. The molecule has 0 nitrogen and oxygen atoms in total. The molecule has 0 fully saturated rings. The molecular weight excluding hydrogens is 204 g/mol. The van der Waals surface area contributed by atoms with Crippen molar-refractivity contribution in [2.75, 3.05) is 0 Å². The average molecular weight is 228 g/mol. The van der Waals surface area contributed by atoms with E-state index in [1.165, 1.54) is 11.1 Å². The molecule has 0 radical (unpaired) electrons. The Morgan fingerprint density at radius 1 is 1.18 bits per heavy atom. The highest BCUT2D eigenvalue weighted by Gasteiger charge is 2.06. The van der Waals surface area contributed by atoms with Crippen LogP contribution in [0.5, 0.6) is 0 Å². The lowest BCUT2D eigenvalue weighted by Crippen LogP contribution is -1.95. The van der Waals surface area contributed by atoms with E-state index in [0.717, 1.165) is 0 Å². The first-order valence-electron chi connectivity index (χ1n) is 6.29. The minimum absolute atomic E-state index is 0.437. The van der Waals surface area contributed by atoms with Gasteiger partial charge in [-0.25, -0.2) is 0 Å². The molecule has 0 saturated carbocycles. The number of rotatable bonds is 4. The summed E-state index contributed by atoms with van der Waals surface area (Å²) in [6, 6.07) is 10.5. The van der Waals surface area contributed by atoms with Gasteiger partial charge in [-0.1, -0.05) is 82.0 Å². The second-order valence-electron chi connectivity index (χ2n) is 3.52. The van der Waals surface area contributed by atoms with Crippen LogP contribution in [-0.4, -0.2) is 0 Å². The number of hydrogen-bond acceptors (Lipinski definition) is 0. The van der Waals surface area contributed by atoms with Gasteiger partial charge >= 0.3 is 0 Å². The van der Waals surface area contributed by atoms with E-state index in [1.54, 1.807) is 6.08 Å². The van der Waals surface area contributed by atoms with E-state index < -0.39 is 0 Å². The van der Waals surface area contributed by atoms with Crippen LogP contribution in [0.15, 0.2) is 66.8 Å². The van der Waals surface area contributed by atoms with Gasteiger partial charge in [-0.05, 0) is 18.1 Å². The Morgan fingerprint density at radius 3 is 2.24 bits per heavy atom. The second kappa shape index (κ2) is 9.65. The molecular formula is C17H24. The SMILES string of the molecule is C=C/C=C\C(=C/C)C(C)c1ccccc1.CC. The maximum absolute atomic E-state index is 3.68. The van der Waals surface area contributed by atoms with Crippen LogP contribution in [-0.2, 0) is 0 Å². The summed E-state index contributed by atoms with van der Waals surface area (Å²) in [4.78, 5) is 0. The fourth-order valence-corrected chi connectivity index (χ4v) is 1.60. The fraction of sp³-hybridized carbons (Fsp3) is 0.294. The molecule has 0 aliphatic rings. The first-order valence-corrected chi connectivity index (χ1v) is 6.29. The van der Waals surface area contributed by atoms with Crippen molar-refractivity contribution in [2.24, 2.45) is 0 Å². The molecule has 1 aromatic carbocycles. The molecule has 1 rings (SSSR count). The third-order valence-corrected chi connectivity index (χ3v) is 2.56. The van der Waals surface area contributed by atoms with Gasteiger partial charge in [-0.3, -0.25) is 0 Å². The normalized spacial score (nSPS) is 12.8. The van der Waals surface area contributed by atoms with Crippen molar-refractivity contribution >= 4 is 0 Å². The van der Waals surface area contributed by atoms with E-state index >= 15 is 0 Å². The molecule has 0 aromatic heterocycles. The van der Waals surface area contributed by atoms with Crippen LogP contribution >= 0.6 is 0 Å². The average Bonchev–Trinajstić information content (AvgIpc) is 2.42. The van der Waals surface area contributed by atoms with E-state index in [2.05, 4.69) is 56.8 Å². The summed E-state index contributed by atoms with van der Waals surface area (Å²) in [5.74, 6) is 0.437. The number of hydrogen-bond donors (Lipinski definition) is 0. The monoisotopic (exact) mass is 228 g/mol. The highest BCUT2D eigenvalue weighted by Crippen LogP contribution is 2.24. The van der Waals surface area contributed by atoms with Gasteiger partial charge in [0.2, 0.25) is 0 Å². The first kappa shape index (κ1) is 15.4. The third kappa shape index (κ3) is 5.35. The Labute approximate surface area is 106 Å².